The third kappa shape index (κ3) is 11.8. The largest absolute Gasteiger partial charge is 0.392 e. The van der Waals surface area contributed by atoms with Gasteiger partial charge in [0.25, 0.3) is 0 Å². The third-order valence-corrected chi connectivity index (χ3v) is 3.39. The number of rotatable bonds is 2. The molecule has 1 radical (unpaired) electrons. The summed E-state index contributed by atoms with van der Waals surface area (Å²) in [5.41, 5.74) is 1.41. The summed E-state index contributed by atoms with van der Waals surface area (Å²) in [6.45, 7) is 10.7. The molecule has 129 valence electrons. The van der Waals surface area contributed by atoms with Crippen molar-refractivity contribution in [3.63, 3.8) is 0 Å². The van der Waals surface area contributed by atoms with Gasteiger partial charge in [0.05, 0.1) is 6.10 Å². The van der Waals surface area contributed by atoms with Crippen molar-refractivity contribution in [2.45, 2.75) is 74.5 Å². The predicted octanol–water partition coefficient (Wildman–Crippen LogP) is 5.18. The molecule has 1 atom stereocenters. The molecule has 0 saturated carbocycles. The Hall–Kier alpha value is 0.244. The maximum absolute atomic E-state index is 9.11. The number of β-amino-alcohol motifs (C(OH)–C–C–N with tert-alkyl or cyclic N) is 1. The van der Waals surface area contributed by atoms with Gasteiger partial charge in [-0.05, 0) is 31.7 Å². The zero-order valence-electron chi connectivity index (χ0n) is 12.7. The van der Waals surface area contributed by atoms with E-state index in [1.807, 2.05) is 6.07 Å². The van der Waals surface area contributed by atoms with Gasteiger partial charge in [-0.25, -0.2) is 0 Å². The molecule has 3 heteroatoms. The third-order valence-electron chi connectivity index (χ3n) is 3.39. The van der Waals surface area contributed by atoms with Crippen LogP contribution >= 0.6 is 0 Å². The van der Waals surface area contributed by atoms with E-state index in [1.54, 1.807) is 0 Å². The molecule has 1 aliphatic heterocycles. The van der Waals surface area contributed by atoms with Crippen molar-refractivity contribution < 1.29 is 37.8 Å². The van der Waals surface area contributed by atoms with Crippen LogP contribution in [0.3, 0.4) is 0 Å². The summed E-state index contributed by atoms with van der Waals surface area (Å²) in [7, 11) is 0. The zero-order chi connectivity index (χ0) is 13.5. The number of aliphatic hydroxyl groups excluding tert-OH is 1. The fourth-order valence-corrected chi connectivity index (χ4v) is 2.08. The van der Waals surface area contributed by atoms with Crippen LogP contribution in [-0.4, -0.2) is 35.2 Å². The van der Waals surface area contributed by atoms with E-state index in [0.29, 0.717) is 12.0 Å². The summed E-state index contributed by atoms with van der Waals surface area (Å²) >= 11 is 0. The summed E-state index contributed by atoms with van der Waals surface area (Å²) in [6.07, 6.45) is 0.894. The van der Waals surface area contributed by atoms with Crippen LogP contribution in [0.15, 0.2) is 30.3 Å². The van der Waals surface area contributed by atoms with E-state index in [9.17, 15) is 0 Å². The topological polar surface area (TPSA) is 23.5 Å². The van der Waals surface area contributed by atoms with Crippen molar-refractivity contribution >= 4 is 0 Å². The molecule has 2 nitrogen and oxygen atoms in total. The molecule has 0 aromatic heterocycles. The first-order chi connectivity index (χ1) is 8.50. The molecule has 1 heterocycles. The maximum Gasteiger partial charge on any atom is 0.0679 e. The van der Waals surface area contributed by atoms with E-state index < -0.39 is 0 Å². The Balaban J connectivity index is -0.000000125. The molecule has 2 rings (SSSR count). The SMILES string of the molecule is C.C.C.CC(C)N1CCC(O)C1.CC(C)c1ccccc1.[Y]. The summed E-state index contributed by atoms with van der Waals surface area (Å²) < 4.78 is 0. The zero-order valence-corrected chi connectivity index (χ0v) is 15.6. The number of aliphatic hydroxyl groups is 1. The van der Waals surface area contributed by atoms with Crippen molar-refractivity contribution in [3.05, 3.63) is 35.9 Å². The molecule has 0 spiro atoms. The second-order valence-electron chi connectivity index (χ2n) is 5.60. The second kappa shape index (κ2) is 16.1. The molecule has 22 heavy (non-hydrogen) atoms. The number of nitrogens with zero attached hydrogens (tertiary/aromatic N) is 1. The minimum atomic E-state index is -0.0626. The molecule has 1 saturated heterocycles. The Bertz CT molecular complexity index is 327. The molecule has 1 aromatic carbocycles. The fourth-order valence-electron chi connectivity index (χ4n) is 2.08. The molecule has 1 N–H and O–H groups in total. The first-order valence-electron chi connectivity index (χ1n) is 6.97. The molecule has 0 bridgehead atoms. The fraction of sp³-hybridized carbons (Fsp3) is 0.684. The molecule has 1 unspecified atom stereocenters. The van der Waals surface area contributed by atoms with Crippen LogP contribution < -0.4 is 0 Å². The van der Waals surface area contributed by atoms with E-state index in [2.05, 4.69) is 56.9 Å². The Labute approximate surface area is 165 Å². The average molecular weight is 386 g/mol. The summed E-state index contributed by atoms with van der Waals surface area (Å²) in [5.74, 6) is 0.659. The number of likely N-dealkylation sites (tertiary alicyclic amines) is 1. The van der Waals surface area contributed by atoms with Gasteiger partial charge in [0.2, 0.25) is 0 Å². The molecule has 0 amide bonds. The van der Waals surface area contributed by atoms with E-state index in [1.165, 1.54) is 5.56 Å². The van der Waals surface area contributed by atoms with Crippen LogP contribution in [0.5, 0.6) is 0 Å². The van der Waals surface area contributed by atoms with Crippen molar-refractivity contribution in [3.8, 4) is 0 Å². The van der Waals surface area contributed by atoms with Crippen molar-refractivity contribution in [2.24, 2.45) is 0 Å². The monoisotopic (exact) mass is 386 g/mol. The minimum absolute atomic E-state index is 0. The summed E-state index contributed by atoms with van der Waals surface area (Å²) in [4.78, 5) is 2.30. The van der Waals surface area contributed by atoms with Crippen LogP contribution in [0.1, 0.15) is 67.9 Å². The van der Waals surface area contributed by atoms with E-state index in [-0.39, 0.29) is 61.1 Å². The summed E-state index contributed by atoms with van der Waals surface area (Å²) in [5, 5.41) is 9.11. The predicted molar refractivity (Wildman–Crippen MR) is 98.1 cm³/mol. The molecule has 1 aromatic rings. The van der Waals surface area contributed by atoms with Crippen LogP contribution in [0, 0.1) is 0 Å². The Kier molecular flexibility index (Phi) is 22.1. The number of benzene rings is 1. The first kappa shape index (κ1) is 30.2. The average Bonchev–Trinajstić information content (AvgIpc) is 2.78. The van der Waals surface area contributed by atoms with Gasteiger partial charge in [0.1, 0.15) is 0 Å². The standard InChI is InChI=1S/C9H12.C7H15NO.3CH4.Y/c1-8(2)9-6-4-3-5-7-9;1-6(2)8-4-3-7(9)5-8;;;;/h3-8H,1-2H3;6-7,9H,3-5H2,1-2H3;3*1H4;. The molecule has 1 fully saturated rings. The second-order valence-corrected chi connectivity index (χ2v) is 5.60. The minimum Gasteiger partial charge on any atom is -0.392 e. The van der Waals surface area contributed by atoms with E-state index >= 15 is 0 Å². The van der Waals surface area contributed by atoms with Gasteiger partial charge in [-0.15, -0.1) is 0 Å². The van der Waals surface area contributed by atoms with Gasteiger partial charge < -0.3 is 5.11 Å². The number of hydrogen-bond acceptors (Lipinski definition) is 2. The van der Waals surface area contributed by atoms with E-state index in [4.69, 9.17) is 5.11 Å². The van der Waals surface area contributed by atoms with Crippen LogP contribution in [-0.2, 0) is 32.7 Å². The molecular formula is C19H39NOY. The molecular weight excluding hydrogens is 347 g/mol. The smallest absolute Gasteiger partial charge is 0.0679 e. The van der Waals surface area contributed by atoms with Crippen molar-refractivity contribution in [1.82, 2.24) is 4.90 Å². The van der Waals surface area contributed by atoms with Crippen molar-refractivity contribution in [2.75, 3.05) is 13.1 Å². The van der Waals surface area contributed by atoms with Crippen LogP contribution in [0.25, 0.3) is 0 Å². The van der Waals surface area contributed by atoms with Crippen LogP contribution in [0.4, 0.5) is 0 Å². The van der Waals surface area contributed by atoms with Gasteiger partial charge >= 0.3 is 0 Å². The first-order valence-corrected chi connectivity index (χ1v) is 6.97. The van der Waals surface area contributed by atoms with Crippen LogP contribution in [0.2, 0.25) is 0 Å². The quantitative estimate of drug-likeness (QED) is 0.757. The Morgan fingerprint density at radius 2 is 1.50 bits per heavy atom. The van der Waals surface area contributed by atoms with Gasteiger partial charge in [0.15, 0.2) is 0 Å². The maximum atomic E-state index is 9.11. The van der Waals surface area contributed by atoms with Gasteiger partial charge in [-0.1, -0.05) is 66.5 Å². The normalized spacial score (nSPS) is 16.4. The number of hydrogen-bond donors (Lipinski definition) is 1. The Morgan fingerprint density at radius 1 is 1.00 bits per heavy atom. The molecule has 1 aliphatic rings. The Morgan fingerprint density at radius 3 is 1.73 bits per heavy atom. The summed E-state index contributed by atoms with van der Waals surface area (Å²) in [6, 6.07) is 11.1. The van der Waals surface area contributed by atoms with Gasteiger partial charge in [0, 0.05) is 51.8 Å². The van der Waals surface area contributed by atoms with Gasteiger partial charge in [-0.2, -0.15) is 0 Å². The molecule has 0 aliphatic carbocycles. The van der Waals surface area contributed by atoms with Crippen molar-refractivity contribution in [1.29, 1.82) is 0 Å². The van der Waals surface area contributed by atoms with Gasteiger partial charge in [-0.3, -0.25) is 4.90 Å². The van der Waals surface area contributed by atoms with E-state index in [0.717, 1.165) is 19.5 Å².